The van der Waals surface area contributed by atoms with Crippen LogP contribution in [0.4, 0.5) is 0 Å². The predicted octanol–water partition coefficient (Wildman–Crippen LogP) is 7.26. The summed E-state index contributed by atoms with van der Waals surface area (Å²) in [4.78, 5) is 21.7. The van der Waals surface area contributed by atoms with E-state index >= 15 is 0 Å². The molecule has 1 aromatic carbocycles. The number of fused-ring (bicyclic) bond motifs is 1. The van der Waals surface area contributed by atoms with Gasteiger partial charge in [-0.1, -0.05) is 54.8 Å². The van der Waals surface area contributed by atoms with E-state index < -0.39 is 0 Å². The van der Waals surface area contributed by atoms with Crippen LogP contribution in [0.2, 0.25) is 0 Å². The highest BCUT2D eigenvalue weighted by atomic mass is 16.5. The summed E-state index contributed by atoms with van der Waals surface area (Å²) in [6, 6.07) is 16.6. The van der Waals surface area contributed by atoms with Gasteiger partial charge in [0.1, 0.15) is 5.76 Å². The lowest BCUT2D eigenvalue weighted by molar-refractivity contribution is -0.139. The first-order valence-corrected chi connectivity index (χ1v) is 14.0. The number of carbonyl (C=O) groups is 1. The zero-order chi connectivity index (χ0) is 27.6. The van der Waals surface area contributed by atoms with Gasteiger partial charge < -0.3 is 13.8 Å². The smallest absolute Gasteiger partial charge is 0.309 e. The van der Waals surface area contributed by atoms with E-state index in [0.29, 0.717) is 5.92 Å². The molecule has 0 aliphatic heterocycles. The molecule has 1 aliphatic carbocycles. The maximum atomic E-state index is 11.8. The van der Waals surface area contributed by atoms with Crippen LogP contribution in [0, 0.1) is 19.8 Å². The quantitative estimate of drug-likeness (QED) is 0.204. The summed E-state index contributed by atoms with van der Waals surface area (Å²) >= 11 is 0. The van der Waals surface area contributed by atoms with Crippen molar-refractivity contribution in [2.24, 2.45) is 5.92 Å². The number of carbonyl (C=O) groups excluding carboxylic acids is 1. The van der Waals surface area contributed by atoms with Crippen LogP contribution >= 0.6 is 0 Å². The summed E-state index contributed by atoms with van der Waals surface area (Å²) < 4.78 is 12.7. The Morgan fingerprint density at radius 1 is 1.05 bits per heavy atom. The molecule has 40 heavy (non-hydrogen) atoms. The fourth-order valence-corrected chi connectivity index (χ4v) is 6.25. The monoisotopic (exact) mass is 534 g/mol. The molecule has 4 aromatic heterocycles. The minimum Gasteiger partial charge on any atom is -0.469 e. The second-order valence-electron chi connectivity index (χ2n) is 10.8. The van der Waals surface area contributed by atoms with E-state index in [1.807, 2.05) is 44.4 Å². The van der Waals surface area contributed by atoms with Gasteiger partial charge in [-0.05, 0) is 61.9 Å². The molecule has 1 unspecified atom stereocenters. The second kappa shape index (κ2) is 11.1. The molecule has 0 saturated heterocycles. The van der Waals surface area contributed by atoms with Gasteiger partial charge in [-0.25, -0.2) is 0 Å². The van der Waals surface area contributed by atoms with Crippen molar-refractivity contribution in [1.82, 2.24) is 19.7 Å². The zero-order valence-electron chi connectivity index (χ0n) is 23.3. The Labute approximate surface area is 234 Å². The SMILES string of the molecule is COC(=O)Cc1ccc(-c2cn(C(c3ccccn3)C3CCCCC3)c3cc(-c4c(C)noc4C)cnc23)cc1. The van der Waals surface area contributed by atoms with Gasteiger partial charge >= 0.3 is 5.97 Å². The molecule has 0 bridgehead atoms. The molecule has 4 heterocycles. The highest BCUT2D eigenvalue weighted by molar-refractivity contribution is 5.95. The van der Waals surface area contributed by atoms with Gasteiger partial charge in [0.15, 0.2) is 0 Å². The normalized spacial score (nSPS) is 14.9. The lowest BCUT2D eigenvalue weighted by Crippen LogP contribution is -2.23. The molecule has 1 fully saturated rings. The first-order valence-electron chi connectivity index (χ1n) is 14.0. The highest BCUT2D eigenvalue weighted by Crippen LogP contribution is 2.42. The second-order valence-corrected chi connectivity index (χ2v) is 10.8. The Hall–Kier alpha value is -4.26. The van der Waals surface area contributed by atoms with Crippen molar-refractivity contribution in [2.45, 2.75) is 58.4 Å². The molecule has 1 aliphatic rings. The van der Waals surface area contributed by atoms with Crippen molar-refractivity contribution in [3.05, 3.63) is 89.8 Å². The standard InChI is InChI=1S/C33H34N4O3/c1-21-31(22(2)40-36-21)26-18-29-32(35-19-26)27(24-14-12-23(13-15-24)17-30(38)39-3)20-37(29)33(25-9-5-4-6-10-25)28-11-7-8-16-34-28/h7-8,11-16,18-20,25,33H,4-6,9-10,17H2,1-3H3. The van der Waals surface area contributed by atoms with Crippen LogP contribution < -0.4 is 0 Å². The van der Waals surface area contributed by atoms with Crippen molar-refractivity contribution < 1.29 is 14.1 Å². The molecule has 0 N–H and O–H groups in total. The van der Waals surface area contributed by atoms with Gasteiger partial charge in [-0.3, -0.25) is 14.8 Å². The number of nitrogens with zero attached hydrogens (tertiary/aromatic N) is 4. The maximum absolute atomic E-state index is 11.8. The maximum Gasteiger partial charge on any atom is 0.309 e. The Bertz CT molecular complexity index is 1610. The van der Waals surface area contributed by atoms with Gasteiger partial charge in [0.2, 0.25) is 0 Å². The van der Waals surface area contributed by atoms with Crippen LogP contribution in [-0.4, -0.2) is 32.8 Å². The van der Waals surface area contributed by atoms with Crippen LogP contribution in [0.25, 0.3) is 33.3 Å². The van der Waals surface area contributed by atoms with Crippen molar-refractivity contribution in [3.63, 3.8) is 0 Å². The molecular formula is C33H34N4O3. The number of ether oxygens (including phenoxy) is 1. The third-order valence-electron chi connectivity index (χ3n) is 8.22. The molecule has 7 heteroatoms. The van der Waals surface area contributed by atoms with Crippen LogP contribution in [0.3, 0.4) is 0 Å². The molecule has 6 rings (SSSR count). The molecule has 1 atom stereocenters. The Morgan fingerprint density at radius 2 is 1.85 bits per heavy atom. The summed E-state index contributed by atoms with van der Waals surface area (Å²) in [7, 11) is 1.42. The topological polar surface area (TPSA) is 83.0 Å². The Balaban J connectivity index is 1.54. The zero-order valence-corrected chi connectivity index (χ0v) is 23.3. The van der Waals surface area contributed by atoms with E-state index in [9.17, 15) is 4.79 Å². The molecule has 0 spiro atoms. The van der Waals surface area contributed by atoms with Crippen LogP contribution in [0.1, 0.15) is 60.9 Å². The molecule has 5 aromatic rings. The third-order valence-corrected chi connectivity index (χ3v) is 8.22. The first kappa shape index (κ1) is 26.0. The van der Waals surface area contributed by atoms with E-state index in [1.54, 1.807) is 0 Å². The van der Waals surface area contributed by atoms with Gasteiger partial charge in [-0.2, -0.15) is 0 Å². The third kappa shape index (κ3) is 4.92. The van der Waals surface area contributed by atoms with Gasteiger partial charge in [0.25, 0.3) is 0 Å². The summed E-state index contributed by atoms with van der Waals surface area (Å²) in [6.45, 7) is 3.91. The van der Waals surface area contributed by atoms with Crippen LogP contribution in [-0.2, 0) is 16.0 Å². The predicted molar refractivity (Wildman–Crippen MR) is 155 cm³/mol. The number of aromatic nitrogens is 4. The highest BCUT2D eigenvalue weighted by Gasteiger charge is 2.30. The lowest BCUT2D eigenvalue weighted by atomic mass is 9.82. The van der Waals surface area contributed by atoms with E-state index in [4.69, 9.17) is 19.2 Å². The number of esters is 1. The van der Waals surface area contributed by atoms with Crippen molar-refractivity contribution in [1.29, 1.82) is 0 Å². The minimum absolute atomic E-state index is 0.0954. The van der Waals surface area contributed by atoms with E-state index in [1.165, 1.54) is 39.2 Å². The lowest BCUT2D eigenvalue weighted by Gasteiger charge is -2.31. The largest absolute Gasteiger partial charge is 0.469 e. The molecule has 0 amide bonds. The Morgan fingerprint density at radius 3 is 2.52 bits per heavy atom. The molecular weight excluding hydrogens is 500 g/mol. The molecule has 1 saturated carbocycles. The van der Waals surface area contributed by atoms with Crippen LogP contribution in [0.15, 0.2) is 71.6 Å². The van der Waals surface area contributed by atoms with Crippen LogP contribution in [0.5, 0.6) is 0 Å². The van der Waals surface area contributed by atoms with Crippen molar-refractivity contribution in [2.75, 3.05) is 7.11 Å². The minimum atomic E-state index is -0.247. The number of benzene rings is 1. The number of hydrogen-bond donors (Lipinski definition) is 0. The fourth-order valence-electron chi connectivity index (χ4n) is 6.25. The summed E-state index contributed by atoms with van der Waals surface area (Å²) in [6.07, 6.45) is 12.4. The average molecular weight is 535 g/mol. The van der Waals surface area contributed by atoms with Gasteiger partial charge in [0.05, 0.1) is 42.0 Å². The van der Waals surface area contributed by atoms with E-state index in [-0.39, 0.29) is 18.4 Å². The number of hydrogen-bond acceptors (Lipinski definition) is 6. The number of methoxy groups -OCH3 is 1. The summed E-state index contributed by atoms with van der Waals surface area (Å²) in [5.74, 6) is 1.02. The molecule has 7 nitrogen and oxygen atoms in total. The summed E-state index contributed by atoms with van der Waals surface area (Å²) in [5.41, 5.74) is 8.94. The molecule has 0 radical (unpaired) electrons. The van der Waals surface area contributed by atoms with E-state index in [2.05, 4.69) is 46.3 Å². The number of rotatable bonds is 7. The number of pyridine rings is 2. The van der Waals surface area contributed by atoms with Gasteiger partial charge in [0, 0.05) is 35.3 Å². The molecule has 204 valence electrons. The number of aryl methyl sites for hydroxylation is 2. The van der Waals surface area contributed by atoms with Crippen molar-refractivity contribution >= 4 is 17.0 Å². The van der Waals surface area contributed by atoms with E-state index in [0.717, 1.165) is 56.0 Å². The summed E-state index contributed by atoms with van der Waals surface area (Å²) in [5, 5.41) is 4.19. The fraction of sp³-hybridized carbons (Fsp3) is 0.333. The van der Waals surface area contributed by atoms with Crippen molar-refractivity contribution in [3.8, 4) is 22.3 Å². The average Bonchev–Trinajstić information content (AvgIpc) is 3.53. The first-order chi connectivity index (χ1) is 19.5. The Kier molecular flexibility index (Phi) is 7.20. The van der Waals surface area contributed by atoms with Gasteiger partial charge in [-0.15, -0.1) is 0 Å².